The lowest BCUT2D eigenvalue weighted by Crippen LogP contribution is -2.41. The number of halogens is 1. The number of amides is 1. The number of nitrogens with zero attached hydrogens (tertiary/aromatic N) is 4. The van der Waals surface area contributed by atoms with Crippen molar-refractivity contribution in [2.45, 2.75) is 31.8 Å². The van der Waals surface area contributed by atoms with Crippen LogP contribution in [0.3, 0.4) is 0 Å². The molecular formula is C25H28ClN7O2. The van der Waals surface area contributed by atoms with Crippen LogP contribution in [0.15, 0.2) is 48.8 Å². The molecule has 3 N–H and O–H groups in total. The van der Waals surface area contributed by atoms with Gasteiger partial charge in [0.1, 0.15) is 17.7 Å². The number of carbonyl (C=O) groups is 1. The van der Waals surface area contributed by atoms with Gasteiger partial charge in [0, 0.05) is 50.3 Å². The van der Waals surface area contributed by atoms with E-state index in [0.29, 0.717) is 53.8 Å². The van der Waals surface area contributed by atoms with Crippen molar-refractivity contribution in [3.63, 3.8) is 0 Å². The van der Waals surface area contributed by atoms with Gasteiger partial charge in [0.25, 0.3) is 0 Å². The third-order valence-electron chi connectivity index (χ3n) is 5.97. The SMILES string of the molecule is [C-]#[N+]c1ccc(CNC(=O)C(CC2CCOCC2)Nc2cc(-n3cccc3)nc(NC)n2)c(Cl)c1. The number of nitrogens with one attached hydrogen (secondary N) is 3. The molecule has 1 amide bonds. The van der Waals surface area contributed by atoms with Gasteiger partial charge in [-0.25, -0.2) is 4.85 Å². The average Bonchev–Trinajstić information content (AvgIpc) is 3.43. The first-order valence-electron chi connectivity index (χ1n) is 11.5. The Kier molecular flexibility index (Phi) is 8.19. The van der Waals surface area contributed by atoms with Gasteiger partial charge in [-0.2, -0.15) is 9.97 Å². The van der Waals surface area contributed by atoms with Crippen LogP contribution >= 0.6 is 11.6 Å². The summed E-state index contributed by atoms with van der Waals surface area (Å²) < 4.78 is 7.38. The van der Waals surface area contributed by atoms with Crippen molar-refractivity contribution in [1.82, 2.24) is 19.9 Å². The van der Waals surface area contributed by atoms with E-state index >= 15 is 0 Å². The fourth-order valence-electron chi connectivity index (χ4n) is 4.02. The zero-order valence-corrected chi connectivity index (χ0v) is 20.3. The van der Waals surface area contributed by atoms with Crippen LogP contribution in [0.1, 0.15) is 24.8 Å². The van der Waals surface area contributed by atoms with Crippen LogP contribution in [0.4, 0.5) is 17.5 Å². The minimum atomic E-state index is -0.503. The molecule has 0 bridgehead atoms. The third kappa shape index (κ3) is 6.50. The highest BCUT2D eigenvalue weighted by atomic mass is 35.5. The maximum Gasteiger partial charge on any atom is 0.242 e. The largest absolute Gasteiger partial charge is 0.381 e. The molecule has 3 heterocycles. The fourth-order valence-corrected chi connectivity index (χ4v) is 4.26. The summed E-state index contributed by atoms with van der Waals surface area (Å²) in [6.07, 6.45) is 6.28. The van der Waals surface area contributed by atoms with Gasteiger partial charge in [-0.15, -0.1) is 0 Å². The number of hydrogen-bond acceptors (Lipinski definition) is 6. The summed E-state index contributed by atoms with van der Waals surface area (Å²) in [6.45, 7) is 8.80. The summed E-state index contributed by atoms with van der Waals surface area (Å²) in [5.74, 6) is 1.92. The first-order chi connectivity index (χ1) is 17.1. The molecule has 1 fully saturated rings. The Morgan fingerprint density at radius 2 is 2.03 bits per heavy atom. The van der Waals surface area contributed by atoms with E-state index in [-0.39, 0.29) is 12.5 Å². The quantitative estimate of drug-likeness (QED) is 0.382. The van der Waals surface area contributed by atoms with Gasteiger partial charge in [0.15, 0.2) is 5.69 Å². The molecular weight excluding hydrogens is 466 g/mol. The molecule has 1 aliphatic heterocycles. The van der Waals surface area contributed by atoms with Gasteiger partial charge >= 0.3 is 0 Å². The van der Waals surface area contributed by atoms with Crippen molar-refractivity contribution < 1.29 is 9.53 Å². The number of carbonyl (C=O) groups excluding carboxylic acids is 1. The second kappa shape index (κ2) is 11.7. The van der Waals surface area contributed by atoms with Gasteiger partial charge in [-0.3, -0.25) is 4.79 Å². The summed E-state index contributed by atoms with van der Waals surface area (Å²) in [4.78, 5) is 25.8. The van der Waals surface area contributed by atoms with Crippen LogP contribution in [-0.4, -0.2) is 46.7 Å². The number of hydrogen-bond donors (Lipinski definition) is 3. The van der Waals surface area contributed by atoms with Gasteiger partial charge < -0.3 is 25.3 Å². The summed E-state index contributed by atoms with van der Waals surface area (Å²) in [5.41, 5.74) is 1.22. The highest BCUT2D eigenvalue weighted by Crippen LogP contribution is 2.25. The molecule has 10 heteroatoms. The van der Waals surface area contributed by atoms with Crippen LogP contribution in [0.2, 0.25) is 5.02 Å². The highest BCUT2D eigenvalue weighted by molar-refractivity contribution is 6.31. The molecule has 0 saturated carbocycles. The standard InChI is InChI=1S/C25H28ClN7O2/c1-27-19-6-5-18(20(26)14-19)16-29-24(34)21(13-17-7-11-35-12-8-17)30-22-15-23(32-25(28-2)31-22)33-9-3-4-10-33/h3-6,9-10,14-15,17,21H,7-8,11-13,16H2,2H3,(H,29,34)(H2,28,30,31,32). The van der Waals surface area contributed by atoms with E-state index in [2.05, 4.69) is 30.8 Å². The fraction of sp³-hybridized carbons (Fsp3) is 0.360. The summed E-state index contributed by atoms with van der Waals surface area (Å²) in [7, 11) is 1.76. The molecule has 1 saturated heterocycles. The van der Waals surface area contributed by atoms with Crippen molar-refractivity contribution in [2.75, 3.05) is 30.9 Å². The summed E-state index contributed by atoms with van der Waals surface area (Å²) in [5, 5.41) is 9.79. The van der Waals surface area contributed by atoms with Gasteiger partial charge in [-0.05, 0) is 48.9 Å². The Labute approximate surface area is 209 Å². The molecule has 0 spiro atoms. The third-order valence-corrected chi connectivity index (χ3v) is 6.32. The van der Waals surface area contributed by atoms with E-state index in [0.717, 1.165) is 18.4 Å². The van der Waals surface area contributed by atoms with Crippen LogP contribution in [0, 0.1) is 12.5 Å². The normalized spacial score (nSPS) is 14.7. The first kappa shape index (κ1) is 24.5. The van der Waals surface area contributed by atoms with Crippen molar-refractivity contribution >= 4 is 35.0 Å². The zero-order valence-electron chi connectivity index (χ0n) is 19.5. The van der Waals surface area contributed by atoms with E-state index in [4.69, 9.17) is 22.9 Å². The molecule has 0 aliphatic carbocycles. The van der Waals surface area contributed by atoms with E-state index < -0.39 is 6.04 Å². The number of rotatable bonds is 9. The Balaban J connectivity index is 1.53. The highest BCUT2D eigenvalue weighted by Gasteiger charge is 2.25. The van der Waals surface area contributed by atoms with Crippen LogP contribution in [0.5, 0.6) is 0 Å². The van der Waals surface area contributed by atoms with Crippen molar-refractivity contribution in [2.24, 2.45) is 5.92 Å². The molecule has 4 rings (SSSR count). The number of benzene rings is 1. The first-order valence-corrected chi connectivity index (χ1v) is 11.9. The maximum absolute atomic E-state index is 13.3. The summed E-state index contributed by atoms with van der Waals surface area (Å²) in [6, 6.07) is 10.2. The van der Waals surface area contributed by atoms with Crippen LogP contribution in [-0.2, 0) is 16.1 Å². The molecule has 3 aromatic rings. The van der Waals surface area contributed by atoms with E-state index in [1.807, 2.05) is 35.2 Å². The molecule has 0 radical (unpaired) electrons. The number of ether oxygens (including phenoxy) is 1. The Morgan fingerprint density at radius 1 is 1.26 bits per heavy atom. The molecule has 1 unspecified atom stereocenters. The molecule has 1 aromatic carbocycles. The molecule has 1 atom stereocenters. The lowest BCUT2D eigenvalue weighted by molar-refractivity contribution is -0.122. The monoisotopic (exact) mass is 493 g/mol. The Bertz CT molecular complexity index is 1190. The molecule has 35 heavy (non-hydrogen) atoms. The minimum Gasteiger partial charge on any atom is -0.381 e. The zero-order chi connectivity index (χ0) is 24.6. The van der Waals surface area contributed by atoms with Crippen molar-refractivity contribution in [3.05, 3.63) is 70.8 Å². The minimum absolute atomic E-state index is 0.144. The van der Waals surface area contributed by atoms with E-state index in [1.54, 1.807) is 25.2 Å². The molecule has 2 aromatic heterocycles. The second-order valence-electron chi connectivity index (χ2n) is 8.37. The predicted octanol–water partition coefficient (Wildman–Crippen LogP) is 4.43. The van der Waals surface area contributed by atoms with E-state index in [9.17, 15) is 4.79 Å². The molecule has 182 valence electrons. The summed E-state index contributed by atoms with van der Waals surface area (Å²) >= 11 is 6.31. The van der Waals surface area contributed by atoms with E-state index in [1.165, 1.54) is 0 Å². The smallest absolute Gasteiger partial charge is 0.242 e. The Hall–Kier alpha value is -3.61. The molecule has 9 nitrogen and oxygen atoms in total. The topological polar surface area (TPSA) is 97.5 Å². The molecule has 1 aliphatic rings. The van der Waals surface area contributed by atoms with Gasteiger partial charge in [0.2, 0.25) is 11.9 Å². The van der Waals surface area contributed by atoms with Crippen LogP contribution in [0.25, 0.3) is 10.7 Å². The number of anilines is 2. The maximum atomic E-state index is 13.3. The van der Waals surface area contributed by atoms with Crippen molar-refractivity contribution in [3.8, 4) is 5.82 Å². The lowest BCUT2D eigenvalue weighted by Gasteiger charge is -2.27. The Morgan fingerprint density at radius 3 is 2.71 bits per heavy atom. The van der Waals surface area contributed by atoms with Gasteiger partial charge in [0.05, 0.1) is 6.57 Å². The average molecular weight is 494 g/mol. The van der Waals surface area contributed by atoms with Crippen LogP contribution < -0.4 is 16.0 Å². The second-order valence-corrected chi connectivity index (χ2v) is 8.78. The number of aromatic nitrogens is 3. The van der Waals surface area contributed by atoms with Gasteiger partial charge in [-0.1, -0.05) is 23.7 Å². The van der Waals surface area contributed by atoms with Crippen molar-refractivity contribution in [1.29, 1.82) is 0 Å². The lowest BCUT2D eigenvalue weighted by atomic mass is 9.92. The predicted molar refractivity (Wildman–Crippen MR) is 136 cm³/mol.